The molecule has 1 aromatic rings. The lowest BCUT2D eigenvalue weighted by Crippen LogP contribution is -2.57. The third kappa shape index (κ3) is 3.18. The van der Waals surface area contributed by atoms with E-state index in [1.807, 2.05) is 6.92 Å². The Morgan fingerprint density at radius 3 is 2.39 bits per heavy atom. The number of ether oxygens (including phenoxy) is 3. The molecule has 1 unspecified atom stereocenters. The van der Waals surface area contributed by atoms with E-state index in [-0.39, 0.29) is 18.4 Å². The van der Waals surface area contributed by atoms with Crippen molar-refractivity contribution in [3.63, 3.8) is 0 Å². The van der Waals surface area contributed by atoms with Crippen molar-refractivity contribution in [2.24, 2.45) is 0 Å². The molecule has 0 aromatic heterocycles. The predicted molar refractivity (Wildman–Crippen MR) is 84.1 cm³/mol. The minimum Gasteiger partial charge on any atom is -0.496 e. The van der Waals surface area contributed by atoms with Crippen LogP contribution in [0.5, 0.6) is 17.2 Å². The van der Waals surface area contributed by atoms with Crippen molar-refractivity contribution in [1.82, 2.24) is 10.2 Å². The zero-order valence-electron chi connectivity index (χ0n) is 14.1. The van der Waals surface area contributed by atoms with Gasteiger partial charge in [0, 0.05) is 24.6 Å². The number of amides is 2. The molecule has 1 heterocycles. The highest BCUT2D eigenvalue weighted by molar-refractivity contribution is 5.94. The molecule has 0 saturated carbocycles. The standard InChI is InChI=1S/C16H22N2O5/c1-9-14(22-4)10(7-12(21-3)15(9)23-5)6-11-16(20)18(2)8-13(19)17-11/h7,11H,6,8H2,1-5H3,(H,17,19). The van der Waals surface area contributed by atoms with Crippen LogP contribution >= 0.6 is 0 Å². The molecule has 7 nitrogen and oxygen atoms in total. The first-order valence-corrected chi connectivity index (χ1v) is 7.25. The minimum absolute atomic E-state index is 0.0808. The van der Waals surface area contributed by atoms with Crippen molar-refractivity contribution in [2.45, 2.75) is 19.4 Å². The van der Waals surface area contributed by atoms with Crippen molar-refractivity contribution in [2.75, 3.05) is 34.9 Å². The van der Waals surface area contributed by atoms with Gasteiger partial charge in [0.2, 0.25) is 11.8 Å². The van der Waals surface area contributed by atoms with Crippen LogP contribution in [0.15, 0.2) is 6.07 Å². The Labute approximate surface area is 135 Å². The van der Waals surface area contributed by atoms with Gasteiger partial charge in [-0.15, -0.1) is 0 Å². The largest absolute Gasteiger partial charge is 0.496 e. The van der Waals surface area contributed by atoms with Gasteiger partial charge < -0.3 is 24.4 Å². The Hall–Kier alpha value is -2.44. The average Bonchev–Trinajstić information content (AvgIpc) is 2.51. The van der Waals surface area contributed by atoms with Gasteiger partial charge in [0.15, 0.2) is 11.5 Å². The van der Waals surface area contributed by atoms with E-state index in [0.29, 0.717) is 23.7 Å². The number of nitrogens with one attached hydrogen (secondary N) is 1. The van der Waals surface area contributed by atoms with Gasteiger partial charge in [-0.1, -0.05) is 0 Å². The fraction of sp³-hybridized carbons (Fsp3) is 0.500. The second-order valence-corrected chi connectivity index (χ2v) is 5.45. The van der Waals surface area contributed by atoms with E-state index in [4.69, 9.17) is 14.2 Å². The molecule has 1 atom stereocenters. The van der Waals surface area contributed by atoms with Crippen LogP contribution in [0.25, 0.3) is 0 Å². The predicted octanol–water partition coefficient (Wildman–Crippen LogP) is 0.520. The maximum Gasteiger partial charge on any atom is 0.245 e. The summed E-state index contributed by atoms with van der Waals surface area (Å²) in [4.78, 5) is 25.4. The van der Waals surface area contributed by atoms with E-state index in [1.54, 1.807) is 34.4 Å². The molecule has 2 amide bonds. The summed E-state index contributed by atoms with van der Waals surface area (Å²) in [5.74, 6) is 1.47. The molecule has 2 rings (SSSR count). The van der Waals surface area contributed by atoms with Gasteiger partial charge in [0.1, 0.15) is 11.8 Å². The van der Waals surface area contributed by atoms with Crippen molar-refractivity contribution in [3.05, 3.63) is 17.2 Å². The number of benzene rings is 1. The zero-order valence-corrected chi connectivity index (χ0v) is 14.1. The Morgan fingerprint density at radius 2 is 1.83 bits per heavy atom. The van der Waals surface area contributed by atoms with Crippen LogP contribution in [-0.4, -0.2) is 57.7 Å². The quantitative estimate of drug-likeness (QED) is 0.855. The van der Waals surface area contributed by atoms with Crippen molar-refractivity contribution in [1.29, 1.82) is 0 Å². The number of hydrogen-bond donors (Lipinski definition) is 1. The van der Waals surface area contributed by atoms with Crippen LogP contribution in [0.3, 0.4) is 0 Å². The van der Waals surface area contributed by atoms with Crippen LogP contribution in [0, 0.1) is 6.92 Å². The fourth-order valence-corrected chi connectivity index (χ4v) is 2.88. The monoisotopic (exact) mass is 322 g/mol. The second kappa shape index (κ2) is 6.76. The summed E-state index contributed by atoms with van der Waals surface area (Å²) in [6.07, 6.45) is 0.319. The Balaban J connectivity index is 2.40. The van der Waals surface area contributed by atoms with Crippen LogP contribution in [0.4, 0.5) is 0 Å². The van der Waals surface area contributed by atoms with Gasteiger partial charge >= 0.3 is 0 Å². The second-order valence-electron chi connectivity index (χ2n) is 5.45. The number of rotatable bonds is 5. The Morgan fingerprint density at radius 1 is 1.17 bits per heavy atom. The van der Waals surface area contributed by atoms with Gasteiger partial charge in [-0.2, -0.15) is 0 Å². The number of carbonyl (C=O) groups excluding carboxylic acids is 2. The number of hydrogen-bond acceptors (Lipinski definition) is 5. The van der Waals surface area contributed by atoms with Gasteiger partial charge in [0.25, 0.3) is 0 Å². The summed E-state index contributed by atoms with van der Waals surface area (Å²) in [6.45, 7) is 1.94. The number of carbonyl (C=O) groups is 2. The van der Waals surface area contributed by atoms with Gasteiger partial charge in [-0.25, -0.2) is 0 Å². The average molecular weight is 322 g/mol. The first-order valence-electron chi connectivity index (χ1n) is 7.25. The van der Waals surface area contributed by atoms with Crippen LogP contribution in [0.2, 0.25) is 0 Å². The molecule has 0 radical (unpaired) electrons. The lowest BCUT2D eigenvalue weighted by molar-refractivity contribution is -0.142. The van der Waals surface area contributed by atoms with E-state index in [2.05, 4.69) is 5.32 Å². The molecule has 23 heavy (non-hydrogen) atoms. The first-order chi connectivity index (χ1) is 10.9. The highest BCUT2D eigenvalue weighted by atomic mass is 16.5. The summed E-state index contributed by atoms with van der Waals surface area (Å²) >= 11 is 0. The zero-order chi connectivity index (χ0) is 17.1. The third-order valence-corrected chi connectivity index (χ3v) is 3.94. The van der Waals surface area contributed by atoms with E-state index < -0.39 is 6.04 Å². The molecular formula is C16H22N2O5. The summed E-state index contributed by atoms with van der Waals surface area (Å²) in [7, 11) is 6.29. The van der Waals surface area contributed by atoms with Crippen molar-refractivity contribution in [3.8, 4) is 17.2 Å². The third-order valence-electron chi connectivity index (χ3n) is 3.94. The summed E-state index contributed by atoms with van der Waals surface area (Å²) in [6, 6.07) is 1.16. The molecule has 0 aliphatic carbocycles. The molecule has 126 valence electrons. The van der Waals surface area contributed by atoms with E-state index >= 15 is 0 Å². The molecule has 0 spiro atoms. The van der Waals surface area contributed by atoms with Gasteiger partial charge in [-0.3, -0.25) is 9.59 Å². The maximum atomic E-state index is 12.3. The van der Waals surface area contributed by atoms with Crippen molar-refractivity contribution >= 4 is 11.8 Å². The molecule has 1 N–H and O–H groups in total. The maximum absolute atomic E-state index is 12.3. The molecule has 0 bridgehead atoms. The fourth-order valence-electron chi connectivity index (χ4n) is 2.88. The summed E-state index contributed by atoms with van der Waals surface area (Å²) < 4.78 is 16.2. The van der Waals surface area contributed by atoms with Crippen LogP contribution in [0.1, 0.15) is 11.1 Å². The van der Waals surface area contributed by atoms with Crippen LogP contribution in [-0.2, 0) is 16.0 Å². The number of piperazine rings is 1. The number of nitrogens with zero attached hydrogens (tertiary/aromatic N) is 1. The normalized spacial score (nSPS) is 17.8. The summed E-state index contributed by atoms with van der Waals surface area (Å²) in [5.41, 5.74) is 1.56. The molecule has 7 heteroatoms. The highest BCUT2D eigenvalue weighted by Gasteiger charge is 2.32. The highest BCUT2D eigenvalue weighted by Crippen LogP contribution is 2.40. The van der Waals surface area contributed by atoms with Gasteiger partial charge in [-0.05, 0) is 13.0 Å². The van der Waals surface area contributed by atoms with Crippen molar-refractivity contribution < 1.29 is 23.8 Å². The SMILES string of the molecule is COc1cc(CC2NC(=O)CN(C)C2=O)c(OC)c(C)c1OC. The Kier molecular flexibility index (Phi) is 4.98. The molecule has 1 aromatic carbocycles. The molecule has 1 saturated heterocycles. The summed E-state index contributed by atoms with van der Waals surface area (Å²) in [5, 5.41) is 2.72. The number of methoxy groups -OCH3 is 3. The molecule has 1 aliphatic heterocycles. The number of likely N-dealkylation sites (N-methyl/N-ethyl adjacent to an activating group) is 1. The Bertz CT molecular complexity index is 629. The minimum atomic E-state index is -0.618. The van der Waals surface area contributed by atoms with E-state index in [0.717, 1.165) is 11.1 Å². The molecule has 1 aliphatic rings. The smallest absolute Gasteiger partial charge is 0.245 e. The van der Waals surface area contributed by atoms with Crippen LogP contribution < -0.4 is 19.5 Å². The lowest BCUT2D eigenvalue weighted by atomic mass is 9.99. The van der Waals surface area contributed by atoms with Gasteiger partial charge in [0.05, 0.1) is 27.9 Å². The topological polar surface area (TPSA) is 77.1 Å². The first kappa shape index (κ1) is 16.9. The van der Waals surface area contributed by atoms with E-state index in [9.17, 15) is 9.59 Å². The molecular weight excluding hydrogens is 300 g/mol. The molecule has 1 fully saturated rings. The van der Waals surface area contributed by atoms with E-state index in [1.165, 1.54) is 4.90 Å². The lowest BCUT2D eigenvalue weighted by Gasteiger charge is -2.30.